The molecule has 0 radical (unpaired) electrons. The van der Waals surface area contributed by atoms with E-state index in [-0.39, 0.29) is 6.09 Å². The molecule has 1 amide bonds. The molecule has 0 N–H and O–H groups in total. The Labute approximate surface area is 106 Å². The lowest BCUT2D eigenvalue weighted by Gasteiger charge is -2.17. The van der Waals surface area contributed by atoms with E-state index in [0.29, 0.717) is 6.61 Å². The normalized spacial score (nSPS) is 10.4. The van der Waals surface area contributed by atoms with Gasteiger partial charge in [0.05, 0.1) is 17.7 Å². The Morgan fingerprint density at radius 2 is 2.17 bits per heavy atom. The monoisotopic (exact) mass is 245 g/mol. The van der Waals surface area contributed by atoms with Gasteiger partial charge in [-0.3, -0.25) is 4.90 Å². The minimum absolute atomic E-state index is 0.337. The zero-order valence-electron chi connectivity index (χ0n) is 10.9. The zero-order chi connectivity index (χ0) is 13.1. The van der Waals surface area contributed by atoms with Crippen LogP contribution in [0.3, 0.4) is 0 Å². The molecular weight excluding hydrogens is 228 g/mol. The number of benzene rings is 1. The van der Waals surface area contributed by atoms with Gasteiger partial charge in [-0.1, -0.05) is 12.1 Å². The van der Waals surface area contributed by atoms with Crippen LogP contribution in [-0.4, -0.2) is 19.7 Å². The van der Waals surface area contributed by atoms with Crippen molar-refractivity contribution in [2.45, 2.75) is 6.92 Å². The van der Waals surface area contributed by atoms with Crippen LogP contribution in [0.5, 0.6) is 0 Å². The van der Waals surface area contributed by atoms with Gasteiger partial charge in [0.1, 0.15) is 7.05 Å². The summed E-state index contributed by atoms with van der Waals surface area (Å²) in [7, 11) is 3.68. The van der Waals surface area contributed by atoms with Gasteiger partial charge in [-0.25, -0.2) is 9.36 Å². The van der Waals surface area contributed by atoms with Crippen LogP contribution in [0.4, 0.5) is 10.5 Å². The summed E-state index contributed by atoms with van der Waals surface area (Å²) >= 11 is 0. The van der Waals surface area contributed by atoms with E-state index in [4.69, 9.17) is 4.74 Å². The molecule has 0 spiro atoms. The van der Waals surface area contributed by atoms with E-state index in [1.54, 1.807) is 14.0 Å². The van der Waals surface area contributed by atoms with Gasteiger partial charge in [0.2, 0.25) is 0 Å². The summed E-state index contributed by atoms with van der Waals surface area (Å²) in [5.41, 5.74) is 0.849. The number of pyridine rings is 1. The minimum atomic E-state index is -0.337. The molecule has 0 unspecified atom stereocenters. The fraction of sp³-hybridized carbons (Fsp3) is 0.286. The first-order valence-corrected chi connectivity index (χ1v) is 5.92. The fourth-order valence-corrected chi connectivity index (χ4v) is 1.91. The third-order valence-electron chi connectivity index (χ3n) is 2.84. The molecular formula is C14H17N2O2+. The smallest absolute Gasteiger partial charge is 0.414 e. The predicted molar refractivity (Wildman–Crippen MR) is 70.5 cm³/mol. The van der Waals surface area contributed by atoms with Gasteiger partial charge in [0.25, 0.3) is 0 Å². The predicted octanol–water partition coefficient (Wildman–Crippen LogP) is 2.26. The highest BCUT2D eigenvalue weighted by Gasteiger charge is 2.15. The molecule has 18 heavy (non-hydrogen) atoms. The Bertz CT molecular complexity index is 581. The summed E-state index contributed by atoms with van der Waals surface area (Å²) in [6.07, 6.45) is 3.65. The van der Waals surface area contributed by atoms with Crippen molar-refractivity contribution in [1.82, 2.24) is 0 Å². The zero-order valence-corrected chi connectivity index (χ0v) is 10.9. The molecule has 94 valence electrons. The molecule has 0 aliphatic carbocycles. The summed E-state index contributed by atoms with van der Waals surface area (Å²) in [6, 6.07) is 7.91. The number of aromatic nitrogens is 1. The van der Waals surface area contributed by atoms with Crippen molar-refractivity contribution in [3.05, 3.63) is 36.7 Å². The molecule has 4 heteroatoms. The number of nitrogens with zero attached hydrogens (tertiary/aromatic N) is 2. The van der Waals surface area contributed by atoms with Gasteiger partial charge in [0.15, 0.2) is 12.4 Å². The van der Waals surface area contributed by atoms with E-state index in [1.165, 1.54) is 4.90 Å². The first-order valence-electron chi connectivity index (χ1n) is 5.92. The molecule has 2 rings (SSSR count). The van der Waals surface area contributed by atoms with Crippen LogP contribution in [0.15, 0.2) is 36.7 Å². The average Bonchev–Trinajstić information content (AvgIpc) is 2.37. The van der Waals surface area contributed by atoms with Crippen LogP contribution in [-0.2, 0) is 11.8 Å². The number of amides is 1. The number of ether oxygens (including phenoxy) is 1. The maximum atomic E-state index is 11.8. The number of anilines is 1. The Kier molecular flexibility index (Phi) is 3.46. The topological polar surface area (TPSA) is 33.4 Å². The summed E-state index contributed by atoms with van der Waals surface area (Å²) in [6.45, 7) is 2.18. The van der Waals surface area contributed by atoms with Gasteiger partial charge in [-0.15, -0.1) is 0 Å². The lowest BCUT2D eigenvalue weighted by Crippen LogP contribution is -2.29. The van der Waals surface area contributed by atoms with Gasteiger partial charge >= 0.3 is 6.09 Å². The van der Waals surface area contributed by atoms with Crippen LogP contribution < -0.4 is 9.47 Å². The van der Waals surface area contributed by atoms with Crippen molar-refractivity contribution in [3.8, 4) is 0 Å². The second-order valence-corrected chi connectivity index (χ2v) is 4.15. The molecule has 2 aromatic rings. The Balaban J connectivity index is 2.50. The van der Waals surface area contributed by atoms with Crippen molar-refractivity contribution < 1.29 is 14.1 Å². The van der Waals surface area contributed by atoms with Crippen molar-refractivity contribution in [3.63, 3.8) is 0 Å². The van der Waals surface area contributed by atoms with Gasteiger partial charge in [-0.2, -0.15) is 0 Å². The van der Waals surface area contributed by atoms with Crippen LogP contribution in [0.25, 0.3) is 10.8 Å². The van der Waals surface area contributed by atoms with E-state index < -0.39 is 0 Å². The van der Waals surface area contributed by atoms with Crippen molar-refractivity contribution in [2.24, 2.45) is 7.05 Å². The largest absolute Gasteiger partial charge is 0.449 e. The number of rotatable bonds is 2. The van der Waals surface area contributed by atoms with Crippen molar-refractivity contribution in [1.29, 1.82) is 0 Å². The number of hydrogen-bond donors (Lipinski definition) is 0. The Hall–Kier alpha value is -2.10. The van der Waals surface area contributed by atoms with E-state index >= 15 is 0 Å². The number of carbonyl (C=O) groups excluding carboxylic acids is 1. The van der Waals surface area contributed by atoms with Crippen LogP contribution in [0.1, 0.15) is 6.92 Å². The van der Waals surface area contributed by atoms with Crippen LogP contribution >= 0.6 is 0 Å². The number of aryl methyl sites for hydroxylation is 1. The minimum Gasteiger partial charge on any atom is -0.449 e. The maximum absolute atomic E-state index is 11.8. The van der Waals surface area contributed by atoms with Gasteiger partial charge in [0, 0.05) is 13.1 Å². The molecule has 1 aromatic heterocycles. The molecule has 0 saturated carbocycles. The Morgan fingerprint density at radius 1 is 1.39 bits per heavy atom. The summed E-state index contributed by atoms with van der Waals surface area (Å²) < 4.78 is 6.98. The summed E-state index contributed by atoms with van der Waals surface area (Å²) in [5, 5.41) is 2.12. The van der Waals surface area contributed by atoms with E-state index in [0.717, 1.165) is 16.5 Å². The molecule has 0 aliphatic rings. The molecule has 0 fully saturated rings. The van der Waals surface area contributed by atoms with Crippen molar-refractivity contribution >= 4 is 22.6 Å². The van der Waals surface area contributed by atoms with E-state index in [9.17, 15) is 4.79 Å². The Morgan fingerprint density at radius 3 is 2.89 bits per heavy atom. The number of carbonyl (C=O) groups is 1. The lowest BCUT2D eigenvalue weighted by molar-refractivity contribution is -0.670. The van der Waals surface area contributed by atoms with Gasteiger partial charge < -0.3 is 4.74 Å². The first kappa shape index (κ1) is 12.4. The van der Waals surface area contributed by atoms with Gasteiger partial charge in [-0.05, 0) is 18.4 Å². The lowest BCUT2D eigenvalue weighted by atomic mass is 10.1. The molecule has 0 aliphatic heterocycles. The molecule has 1 aromatic carbocycles. The third kappa shape index (κ3) is 2.27. The molecule has 4 nitrogen and oxygen atoms in total. The highest BCUT2D eigenvalue weighted by molar-refractivity contribution is 6.00. The fourth-order valence-electron chi connectivity index (χ4n) is 1.91. The molecule has 1 heterocycles. The molecule has 0 saturated heterocycles. The molecule has 0 atom stereocenters. The summed E-state index contributed by atoms with van der Waals surface area (Å²) in [4.78, 5) is 13.3. The van der Waals surface area contributed by atoms with Crippen molar-refractivity contribution in [2.75, 3.05) is 18.6 Å². The average molecular weight is 245 g/mol. The first-order chi connectivity index (χ1) is 8.63. The van der Waals surface area contributed by atoms with Crippen LogP contribution in [0.2, 0.25) is 0 Å². The number of fused-ring (bicyclic) bond motifs is 1. The molecule has 0 bridgehead atoms. The third-order valence-corrected chi connectivity index (χ3v) is 2.84. The van der Waals surface area contributed by atoms with E-state index in [1.807, 2.05) is 48.3 Å². The van der Waals surface area contributed by atoms with Crippen LogP contribution in [0, 0.1) is 0 Å². The second kappa shape index (κ2) is 5.04. The SMILES string of the molecule is CCOC(=O)N(C)c1cccc2cc[n+](C)cc12. The van der Waals surface area contributed by atoms with E-state index in [2.05, 4.69) is 0 Å². The highest BCUT2D eigenvalue weighted by atomic mass is 16.6. The standard InChI is InChI=1S/C14H17N2O2/c1-4-18-14(17)16(3)13-7-5-6-11-8-9-15(2)10-12(11)13/h5-10H,4H2,1-3H3/q+1. The highest BCUT2D eigenvalue weighted by Crippen LogP contribution is 2.24. The number of hydrogen-bond acceptors (Lipinski definition) is 2. The second-order valence-electron chi connectivity index (χ2n) is 4.15. The summed E-state index contributed by atoms with van der Waals surface area (Å²) in [5.74, 6) is 0. The maximum Gasteiger partial charge on any atom is 0.414 e. The quantitative estimate of drug-likeness (QED) is 0.760.